The Morgan fingerprint density at radius 3 is 3.04 bits per heavy atom. The first-order chi connectivity index (χ1) is 13.2. The van der Waals surface area contributed by atoms with Crippen molar-refractivity contribution in [1.82, 2.24) is 9.97 Å². The molecule has 2 aromatic carbocycles. The summed E-state index contributed by atoms with van der Waals surface area (Å²) in [6.07, 6.45) is 3.13. The Morgan fingerprint density at radius 2 is 2.22 bits per heavy atom. The number of rotatable bonds is 6. The van der Waals surface area contributed by atoms with Crippen LogP contribution in [0.4, 0.5) is 5.69 Å². The summed E-state index contributed by atoms with van der Waals surface area (Å²) < 4.78 is 11.0. The highest BCUT2D eigenvalue weighted by molar-refractivity contribution is 5.93. The van der Waals surface area contributed by atoms with Gasteiger partial charge < -0.3 is 19.8 Å². The number of imidazole rings is 1. The summed E-state index contributed by atoms with van der Waals surface area (Å²) in [5.41, 5.74) is 3.57. The molecular weight excluding hydrogens is 342 g/mol. The van der Waals surface area contributed by atoms with E-state index < -0.39 is 0 Å². The molecular formula is C21H23N3O3. The van der Waals surface area contributed by atoms with E-state index in [2.05, 4.69) is 15.3 Å². The predicted octanol–water partition coefficient (Wildman–Crippen LogP) is 3.99. The normalized spacial score (nSPS) is 16.6. The van der Waals surface area contributed by atoms with Crippen molar-refractivity contribution in [2.75, 3.05) is 19.0 Å². The Hall–Kier alpha value is -2.86. The number of hydrogen-bond donors (Lipinski definition) is 2. The molecule has 1 aliphatic rings. The summed E-state index contributed by atoms with van der Waals surface area (Å²) in [7, 11) is 1.64. The van der Waals surface area contributed by atoms with E-state index in [9.17, 15) is 4.79 Å². The average molecular weight is 365 g/mol. The zero-order valence-electron chi connectivity index (χ0n) is 15.3. The van der Waals surface area contributed by atoms with Crippen molar-refractivity contribution >= 4 is 22.6 Å². The third kappa shape index (κ3) is 3.95. The van der Waals surface area contributed by atoms with Gasteiger partial charge in [-0.05, 0) is 49.1 Å². The Morgan fingerprint density at radius 1 is 1.33 bits per heavy atom. The molecule has 140 valence electrons. The highest BCUT2D eigenvalue weighted by atomic mass is 16.5. The minimum Gasteiger partial charge on any atom is -0.496 e. The number of aromatic nitrogens is 2. The van der Waals surface area contributed by atoms with Gasteiger partial charge in [-0.1, -0.05) is 18.2 Å². The molecule has 1 saturated heterocycles. The van der Waals surface area contributed by atoms with Crippen LogP contribution in [0.25, 0.3) is 11.0 Å². The average Bonchev–Trinajstić information content (AvgIpc) is 3.35. The van der Waals surface area contributed by atoms with E-state index in [0.717, 1.165) is 53.3 Å². The van der Waals surface area contributed by atoms with Crippen LogP contribution < -0.4 is 10.1 Å². The summed E-state index contributed by atoms with van der Waals surface area (Å²) >= 11 is 0. The minimum absolute atomic E-state index is 0.0286. The third-order valence-electron chi connectivity index (χ3n) is 4.83. The van der Waals surface area contributed by atoms with Crippen molar-refractivity contribution < 1.29 is 14.3 Å². The number of ether oxygens (including phenoxy) is 2. The van der Waals surface area contributed by atoms with Crippen LogP contribution in [0.5, 0.6) is 5.75 Å². The van der Waals surface area contributed by atoms with Gasteiger partial charge in [0.25, 0.3) is 0 Å². The molecule has 0 bridgehead atoms. The first-order valence-electron chi connectivity index (χ1n) is 9.26. The standard InChI is InChI=1S/C21H23N3O3/c1-26-18-6-3-2-5-14(18)8-11-20(25)22-15-9-10-16-17(13-15)24-21(23-16)19-7-4-12-27-19/h2-3,5-6,9-10,13,19H,4,7-8,11-12H2,1H3,(H,22,25)(H,23,24)/t19-/m1/s1. The zero-order valence-corrected chi connectivity index (χ0v) is 15.3. The van der Waals surface area contributed by atoms with Crippen LogP contribution in [0, 0.1) is 0 Å². The van der Waals surface area contributed by atoms with Crippen LogP contribution in [-0.2, 0) is 16.0 Å². The maximum atomic E-state index is 12.3. The van der Waals surface area contributed by atoms with Crippen molar-refractivity contribution in [2.45, 2.75) is 31.8 Å². The first-order valence-corrected chi connectivity index (χ1v) is 9.26. The maximum Gasteiger partial charge on any atom is 0.224 e. The lowest BCUT2D eigenvalue weighted by atomic mass is 10.1. The topological polar surface area (TPSA) is 76.2 Å². The molecule has 6 nitrogen and oxygen atoms in total. The molecule has 1 atom stereocenters. The Kier molecular flexibility index (Phi) is 5.07. The molecule has 1 fully saturated rings. The second-order valence-corrected chi connectivity index (χ2v) is 6.72. The van der Waals surface area contributed by atoms with Crippen LogP contribution in [-0.4, -0.2) is 29.6 Å². The number of hydrogen-bond acceptors (Lipinski definition) is 4. The molecule has 0 saturated carbocycles. The van der Waals surface area contributed by atoms with Gasteiger partial charge in [0.1, 0.15) is 17.7 Å². The van der Waals surface area contributed by atoms with Gasteiger partial charge in [0, 0.05) is 18.7 Å². The third-order valence-corrected chi connectivity index (χ3v) is 4.83. The number of benzene rings is 2. The number of nitrogens with one attached hydrogen (secondary N) is 2. The molecule has 4 rings (SSSR count). The lowest BCUT2D eigenvalue weighted by Gasteiger charge is -2.08. The highest BCUT2D eigenvalue weighted by Crippen LogP contribution is 2.28. The van der Waals surface area contributed by atoms with Crippen molar-refractivity contribution in [3.8, 4) is 5.75 Å². The molecule has 1 aliphatic heterocycles. The fourth-order valence-electron chi connectivity index (χ4n) is 3.43. The number of aromatic amines is 1. The van der Waals surface area contributed by atoms with E-state index in [-0.39, 0.29) is 12.0 Å². The van der Waals surface area contributed by atoms with Gasteiger partial charge in [0.2, 0.25) is 5.91 Å². The number of anilines is 1. The Labute approximate surface area is 157 Å². The van der Waals surface area contributed by atoms with Crippen LogP contribution in [0.2, 0.25) is 0 Å². The van der Waals surface area contributed by atoms with E-state index in [0.29, 0.717) is 12.8 Å². The molecule has 3 aromatic rings. The van der Waals surface area contributed by atoms with E-state index in [1.807, 2.05) is 42.5 Å². The van der Waals surface area contributed by atoms with E-state index in [1.54, 1.807) is 7.11 Å². The van der Waals surface area contributed by atoms with Gasteiger partial charge in [-0.25, -0.2) is 4.98 Å². The minimum atomic E-state index is -0.0286. The lowest BCUT2D eigenvalue weighted by Crippen LogP contribution is -2.12. The molecule has 6 heteroatoms. The van der Waals surface area contributed by atoms with Crippen molar-refractivity contribution in [1.29, 1.82) is 0 Å². The van der Waals surface area contributed by atoms with Gasteiger partial charge in [-0.2, -0.15) is 0 Å². The number of methoxy groups -OCH3 is 1. The summed E-state index contributed by atoms with van der Waals surface area (Å²) in [6, 6.07) is 13.5. The first kappa shape index (κ1) is 17.5. The van der Waals surface area contributed by atoms with Crippen molar-refractivity contribution in [3.63, 3.8) is 0 Å². The van der Waals surface area contributed by atoms with Crippen molar-refractivity contribution in [2.24, 2.45) is 0 Å². The zero-order chi connectivity index (χ0) is 18.6. The number of amides is 1. The van der Waals surface area contributed by atoms with Gasteiger partial charge in [-0.15, -0.1) is 0 Å². The fraction of sp³-hybridized carbons (Fsp3) is 0.333. The molecule has 0 spiro atoms. The summed E-state index contributed by atoms with van der Waals surface area (Å²) in [5.74, 6) is 1.65. The quantitative estimate of drug-likeness (QED) is 0.692. The lowest BCUT2D eigenvalue weighted by molar-refractivity contribution is -0.116. The van der Waals surface area contributed by atoms with Crippen molar-refractivity contribution in [3.05, 3.63) is 53.9 Å². The van der Waals surface area contributed by atoms with Gasteiger partial charge in [0.05, 0.1) is 18.1 Å². The molecule has 1 amide bonds. The Balaban J connectivity index is 1.41. The fourth-order valence-corrected chi connectivity index (χ4v) is 3.43. The van der Waals surface area contributed by atoms with E-state index in [4.69, 9.17) is 9.47 Å². The summed E-state index contributed by atoms with van der Waals surface area (Å²) in [6.45, 7) is 0.787. The molecule has 0 radical (unpaired) electrons. The van der Waals surface area contributed by atoms with E-state index in [1.165, 1.54) is 0 Å². The number of aryl methyl sites for hydroxylation is 1. The smallest absolute Gasteiger partial charge is 0.224 e. The van der Waals surface area contributed by atoms with Crippen LogP contribution in [0.3, 0.4) is 0 Å². The van der Waals surface area contributed by atoms with Crippen LogP contribution >= 0.6 is 0 Å². The second kappa shape index (κ2) is 7.80. The summed E-state index contributed by atoms with van der Waals surface area (Å²) in [5, 5.41) is 2.96. The van der Waals surface area contributed by atoms with Crippen LogP contribution in [0.1, 0.15) is 36.8 Å². The Bertz CT molecular complexity index is 945. The van der Waals surface area contributed by atoms with Crippen LogP contribution in [0.15, 0.2) is 42.5 Å². The molecule has 1 aromatic heterocycles. The van der Waals surface area contributed by atoms with E-state index >= 15 is 0 Å². The molecule has 2 N–H and O–H groups in total. The number of carbonyl (C=O) groups is 1. The largest absolute Gasteiger partial charge is 0.496 e. The second-order valence-electron chi connectivity index (χ2n) is 6.72. The molecule has 2 heterocycles. The molecule has 0 unspecified atom stereocenters. The number of carbonyl (C=O) groups excluding carboxylic acids is 1. The molecule has 0 aliphatic carbocycles. The maximum absolute atomic E-state index is 12.3. The number of fused-ring (bicyclic) bond motifs is 1. The van der Waals surface area contributed by atoms with Gasteiger partial charge >= 0.3 is 0 Å². The SMILES string of the molecule is COc1ccccc1CCC(=O)Nc1ccc2nc([C@H]3CCCO3)[nH]c2c1. The predicted molar refractivity (Wildman–Crippen MR) is 104 cm³/mol. The number of H-pyrrole nitrogens is 1. The van der Waals surface area contributed by atoms with Gasteiger partial charge in [0.15, 0.2) is 0 Å². The summed E-state index contributed by atoms with van der Waals surface area (Å²) in [4.78, 5) is 20.3. The van der Waals surface area contributed by atoms with Gasteiger partial charge in [-0.3, -0.25) is 4.79 Å². The number of nitrogens with zero attached hydrogens (tertiary/aromatic N) is 1. The highest BCUT2D eigenvalue weighted by Gasteiger charge is 2.21. The number of para-hydroxylation sites is 1. The molecule has 27 heavy (non-hydrogen) atoms. The monoisotopic (exact) mass is 365 g/mol.